The summed E-state index contributed by atoms with van der Waals surface area (Å²) in [4.78, 5) is 0. The van der Waals surface area contributed by atoms with E-state index in [2.05, 4.69) is 53.3 Å². The monoisotopic (exact) mass is 351 g/mol. The smallest absolute Gasteiger partial charge is 0.124 e. The van der Waals surface area contributed by atoms with Gasteiger partial charge < -0.3 is 10.1 Å². The van der Waals surface area contributed by atoms with Gasteiger partial charge in [-0.1, -0.05) is 35.7 Å². The van der Waals surface area contributed by atoms with Crippen molar-refractivity contribution in [2.45, 2.75) is 45.6 Å². The van der Waals surface area contributed by atoms with Crippen molar-refractivity contribution in [3.63, 3.8) is 0 Å². The Balaban J connectivity index is 1.88. The van der Waals surface area contributed by atoms with Gasteiger partial charge in [0, 0.05) is 16.1 Å². The molecule has 3 rings (SSSR count). The highest BCUT2D eigenvalue weighted by Crippen LogP contribution is 2.61. The van der Waals surface area contributed by atoms with Crippen molar-refractivity contribution in [1.29, 1.82) is 0 Å². The molecule has 1 N–H and O–H groups in total. The molecule has 116 valence electrons. The van der Waals surface area contributed by atoms with Crippen LogP contribution in [0.4, 0.5) is 0 Å². The topological polar surface area (TPSA) is 21.3 Å². The van der Waals surface area contributed by atoms with Crippen LogP contribution in [0.1, 0.15) is 51.1 Å². The molecule has 2 aliphatic rings. The predicted octanol–water partition coefficient (Wildman–Crippen LogP) is 4.93. The maximum absolute atomic E-state index is 5.89. The van der Waals surface area contributed by atoms with Gasteiger partial charge in [-0.25, -0.2) is 0 Å². The third-order valence-corrected chi connectivity index (χ3v) is 5.63. The van der Waals surface area contributed by atoms with Crippen molar-refractivity contribution in [3.05, 3.63) is 28.2 Å². The number of halogens is 1. The van der Waals surface area contributed by atoms with E-state index >= 15 is 0 Å². The number of benzene rings is 1. The molecule has 2 saturated carbocycles. The Morgan fingerprint density at radius 1 is 1.24 bits per heavy atom. The molecule has 0 saturated heterocycles. The minimum absolute atomic E-state index is 0.446. The summed E-state index contributed by atoms with van der Waals surface area (Å²) in [5.74, 6) is 3.74. The first-order chi connectivity index (χ1) is 10.3. The predicted molar refractivity (Wildman–Crippen MR) is 90.7 cm³/mol. The summed E-state index contributed by atoms with van der Waals surface area (Å²) in [5.41, 5.74) is 1.34. The van der Waals surface area contributed by atoms with Gasteiger partial charge in [0.15, 0.2) is 0 Å². The van der Waals surface area contributed by atoms with Crippen LogP contribution in [0.5, 0.6) is 5.75 Å². The molecule has 0 heterocycles. The molecule has 1 aromatic rings. The number of fused-ring (bicyclic) bond motifs is 1. The maximum Gasteiger partial charge on any atom is 0.124 e. The van der Waals surface area contributed by atoms with Gasteiger partial charge in [-0.3, -0.25) is 0 Å². The molecular formula is C18H26BrNO. The second-order valence-electron chi connectivity index (χ2n) is 6.34. The normalized spacial score (nSPS) is 28.8. The molecule has 2 nitrogen and oxygen atoms in total. The third-order valence-electron chi connectivity index (χ3n) is 5.14. The van der Waals surface area contributed by atoms with Gasteiger partial charge in [-0.05, 0) is 62.3 Å². The first-order valence-electron chi connectivity index (χ1n) is 8.41. The quantitative estimate of drug-likeness (QED) is 0.783. The highest BCUT2D eigenvalue weighted by atomic mass is 79.9. The minimum atomic E-state index is 0.446. The van der Waals surface area contributed by atoms with Crippen LogP contribution in [0.2, 0.25) is 0 Å². The van der Waals surface area contributed by atoms with E-state index in [4.69, 9.17) is 4.74 Å². The van der Waals surface area contributed by atoms with Crippen LogP contribution in [0.25, 0.3) is 0 Å². The zero-order valence-corrected chi connectivity index (χ0v) is 14.7. The lowest BCUT2D eigenvalue weighted by Crippen LogP contribution is -2.24. The van der Waals surface area contributed by atoms with Crippen LogP contribution in [0, 0.1) is 17.8 Å². The van der Waals surface area contributed by atoms with E-state index in [0.29, 0.717) is 6.04 Å². The van der Waals surface area contributed by atoms with Crippen molar-refractivity contribution >= 4 is 15.9 Å². The van der Waals surface area contributed by atoms with Crippen molar-refractivity contribution in [2.24, 2.45) is 17.8 Å². The lowest BCUT2D eigenvalue weighted by Gasteiger charge is -2.22. The minimum Gasteiger partial charge on any atom is -0.494 e. The van der Waals surface area contributed by atoms with E-state index in [1.165, 1.54) is 31.2 Å². The lowest BCUT2D eigenvalue weighted by molar-refractivity contribution is 0.326. The van der Waals surface area contributed by atoms with Crippen LogP contribution >= 0.6 is 15.9 Å². The fourth-order valence-electron chi connectivity index (χ4n) is 4.26. The van der Waals surface area contributed by atoms with Gasteiger partial charge in [0.25, 0.3) is 0 Å². The Kier molecular flexibility index (Phi) is 4.90. The maximum atomic E-state index is 5.89. The van der Waals surface area contributed by atoms with Gasteiger partial charge >= 0.3 is 0 Å². The number of rotatable bonds is 6. The van der Waals surface area contributed by atoms with Gasteiger partial charge in [-0.15, -0.1) is 0 Å². The largest absolute Gasteiger partial charge is 0.494 e. The van der Waals surface area contributed by atoms with Gasteiger partial charge in [0.1, 0.15) is 5.75 Å². The second kappa shape index (κ2) is 6.70. The molecule has 2 aliphatic carbocycles. The van der Waals surface area contributed by atoms with Gasteiger partial charge in [0.2, 0.25) is 0 Å². The van der Waals surface area contributed by atoms with Gasteiger partial charge in [0.05, 0.1) is 6.61 Å². The lowest BCUT2D eigenvalue weighted by atomic mass is 9.98. The SMILES string of the molecule is CCNC(c1cc(Br)ccc1OCC)C1C2CCCCC21. The standard InChI is InChI=1S/C18H26BrNO/c1-3-20-18(17-13-7-5-6-8-14(13)17)15-11-12(19)9-10-16(15)21-4-2/h9-11,13-14,17-18,20H,3-8H2,1-2H3. The zero-order chi connectivity index (χ0) is 14.8. The van der Waals surface area contributed by atoms with E-state index in [1.807, 2.05) is 0 Å². The summed E-state index contributed by atoms with van der Waals surface area (Å²) >= 11 is 3.63. The molecule has 0 aromatic heterocycles. The summed E-state index contributed by atoms with van der Waals surface area (Å²) in [6.07, 6.45) is 5.70. The average molecular weight is 352 g/mol. The Morgan fingerprint density at radius 3 is 2.57 bits per heavy atom. The van der Waals surface area contributed by atoms with Crippen LogP contribution in [-0.2, 0) is 0 Å². The van der Waals surface area contributed by atoms with Crippen LogP contribution < -0.4 is 10.1 Å². The average Bonchev–Trinajstić information content (AvgIpc) is 3.21. The number of hydrogen-bond donors (Lipinski definition) is 1. The summed E-state index contributed by atoms with van der Waals surface area (Å²) in [6.45, 7) is 6.01. The van der Waals surface area contributed by atoms with E-state index in [-0.39, 0.29) is 0 Å². The fraction of sp³-hybridized carbons (Fsp3) is 0.667. The van der Waals surface area contributed by atoms with E-state index in [9.17, 15) is 0 Å². The summed E-state index contributed by atoms with van der Waals surface area (Å²) in [6, 6.07) is 6.89. The summed E-state index contributed by atoms with van der Waals surface area (Å²) in [7, 11) is 0. The van der Waals surface area contributed by atoms with E-state index < -0.39 is 0 Å². The first-order valence-corrected chi connectivity index (χ1v) is 9.21. The number of nitrogens with one attached hydrogen (secondary N) is 1. The molecule has 0 spiro atoms. The Hall–Kier alpha value is -0.540. The van der Waals surface area contributed by atoms with Crippen molar-refractivity contribution in [2.75, 3.05) is 13.2 Å². The molecule has 0 amide bonds. The van der Waals surface area contributed by atoms with E-state index in [0.717, 1.165) is 41.1 Å². The molecule has 21 heavy (non-hydrogen) atoms. The van der Waals surface area contributed by atoms with Gasteiger partial charge in [-0.2, -0.15) is 0 Å². The highest BCUT2D eigenvalue weighted by molar-refractivity contribution is 9.10. The molecule has 2 fully saturated rings. The van der Waals surface area contributed by atoms with Crippen LogP contribution in [-0.4, -0.2) is 13.2 Å². The Labute approximate surface area is 136 Å². The van der Waals surface area contributed by atoms with Crippen LogP contribution in [0.15, 0.2) is 22.7 Å². The van der Waals surface area contributed by atoms with Crippen molar-refractivity contribution in [1.82, 2.24) is 5.32 Å². The molecule has 3 atom stereocenters. The molecule has 3 unspecified atom stereocenters. The van der Waals surface area contributed by atoms with Crippen molar-refractivity contribution < 1.29 is 4.74 Å². The third kappa shape index (κ3) is 3.14. The summed E-state index contributed by atoms with van der Waals surface area (Å²) in [5, 5.41) is 3.74. The highest BCUT2D eigenvalue weighted by Gasteiger charge is 2.54. The zero-order valence-electron chi connectivity index (χ0n) is 13.1. The first kappa shape index (κ1) is 15.4. The summed E-state index contributed by atoms with van der Waals surface area (Å²) < 4.78 is 7.04. The number of ether oxygens (including phenoxy) is 1. The molecule has 0 aliphatic heterocycles. The molecule has 3 heteroatoms. The molecule has 0 radical (unpaired) electrons. The Bertz CT molecular complexity index is 478. The second-order valence-corrected chi connectivity index (χ2v) is 7.26. The van der Waals surface area contributed by atoms with Crippen molar-refractivity contribution in [3.8, 4) is 5.75 Å². The van der Waals surface area contributed by atoms with Crippen LogP contribution in [0.3, 0.4) is 0 Å². The fourth-order valence-corrected chi connectivity index (χ4v) is 4.64. The molecule has 0 bridgehead atoms. The van der Waals surface area contributed by atoms with E-state index in [1.54, 1.807) is 0 Å². The molecular weight excluding hydrogens is 326 g/mol. The number of hydrogen-bond acceptors (Lipinski definition) is 2. The Morgan fingerprint density at radius 2 is 1.95 bits per heavy atom. The molecule has 1 aromatic carbocycles.